The van der Waals surface area contributed by atoms with Crippen molar-refractivity contribution < 1.29 is 27.8 Å². The predicted molar refractivity (Wildman–Crippen MR) is 280 cm³/mol. The highest BCUT2D eigenvalue weighted by molar-refractivity contribution is 6.35. The van der Waals surface area contributed by atoms with E-state index in [0.29, 0.717) is 57.1 Å². The lowest BCUT2D eigenvalue weighted by molar-refractivity contribution is 0.00515. The lowest BCUT2D eigenvalue weighted by atomic mass is 9.98. The van der Waals surface area contributed by atoms with E-state index in [1.165, 1.54) is 0 Å². The first-order chi connectivity index (χ1) is 32.8. The molecule has 380 valence electrons. The monoisotopic (exact) mass is 1040 g/mol. The molecule has 4 aromatic rings. The highest BCUT2D eigenvalue weighted by Gasteiger charge is 2.35. The first kappa shape index (κ1) is 54.5. The number of ether oxygens (including phenoxy) is 2. The highest BCUT2D eigenvalue weighted by Crippen LogP contribution is 2.44. The van der Waals surface area contributed by atoms with Gasteiger partial charge in [-0.2, -0.15) is 0 Å². The molecule has 14 heteroatoms. The van der Waals surface area contributed by atoms with Crippen molar-refractivity contribution in [2.45, 2.75) is 155 Å². The van der Waals surface area contributed by atoms with Gasteiger partial charge in [-0.25, -0.2) is 18.4 Å². The van der Waals surface area contributed by atoms with E-state index < -0.39 is 34.8 Å². The molecule has 2 saturated carbocycles. The quantitative estimate of drug-likeness (QED) is 0.130. The zero-order valence-electron chi connectivity index (χ0n) is 42.4. The number of piperazine rings is 2. The van der Waals surface area contributed by atoms with Crippen LogP contribution >= 0.6 is 46.4 Å². The Kier molecular flexibility index (Phi) is 17.4. The van der Waals surface area contributed by atoms with Crippen LogP contribution in [0.25, 0.3) is 0 Å². The highest BCUT2D eigenvalue weighted by atomic mass is 35.5. The van der Waals surface area contributed by atoms with Gasteiger partial charge in [0, 0.05) is 96.6 Å². The number of rotatable bonds is 12. The number of esters is 2. The minimum atomic E-state index is -0.661. The van der Waals surface area contributed by atoms with Crippen LogP contribution in [-0.4, -0.2) is 94.1 Å². The summed E-state index contributed by atoms with van der Waals surface area (Å²) in [5, 5.41) is 2.59. The Morgan fingerprint density at radius 3 is 1.17 bits per heavy atom. The van der Waals surface area contributed by atoms with Crippen molar-refractivity contribution in [2.24, 2.45) is 0 Å². The fourth-order valence-corrected chi connectivity index (χ4v) is 11.2. The van der Waals surface area contributed by atoms with Crippen LogP contribution < -0.4 is 0 Å². The maximum atomic E-state index is 15.0. The second-order valence-electron chi connectivity index (χ2n) is 22.0. The van der Waals surface area contributed by atoms with Crippen molar-refractivity contribution >= 4 is 58.3 Å². The molecule has 0 bridgehead atoms. The van der Waals surface area contributed by atoms with Crippen LogP contribution in [0.2, 0.25) is 20.1 Å². The SMILES string of the molecule is C[C@@H]1CN(Cc2cc(F)c(C(=O)OC(C)(C)C)cc2C2CC2)CCN1[C@@H](C)c1cc(Cl)cc(Cl)c1.C[C@@H]1CN(Cc2cc(F)c(C(=O)OC(C)(C)C)cc2C2CC2)CCN1[C@H](C)c1cc(Cl)cc(Cl)c1. The first-order valence-electron chi connectivity index (χ1n) is 24.8. The number of hydrogen-bond donors (Lipinski definition) is 0. The fraction of sp³-hybridized carbons (Fsp3) is 0.536. The van der Waals surface area contributed by atoms with Crippen molar-refractivity contribution in [1.29, 1.82) is 0 Å². The van der Waals surface area contributed by atoms with Gasteiger partial charge in [-0.1, -0.05) is 46.4 Å². The molecule has 0 aromatic heterocycles. The molecule has 70 heavy (non-hydrogen) atoms. The van der Waals surface area contributed by atoms with Gasteiger partial charge >= 0.3 is 11.9 Å². The average Bonchev–Trinajstić information content (AvgIpc) is 4.18. The van der Waals surface area contributed by atoms with E-state index >= 15 is 8.78 Å². The molecule has 8 nitrogen and oxygen atoms in total. The van der Waals surface area contributed by atoms with Crippen LogP contribution in [0.5, 0.6) is 0 Å². The Morgan fingerprint density at radius 1 is 0.557 bits per heavy atom. The zero-order valence-corrected chi connectivity index (χ0v) is 45.4. The molecule has 2 aliphatic heterocycles. The molecule has 2 heterocycles. The third-order valence-corrected chi connectivity index (χ3v) is 14.6. The van der Waals surface area contributed by atoms with E-state index in [0.717, 1.165) is 98.3 Å². The van der Waals surface area contributed by atoms with Gasteiger partial charge in [0.25, 0.3) is 0 Å². The largest absolute Gasteiger partial charge is 0.456 e. The van der Waals surface area contributed by atoms with Crippen LogP contribution in [0.15, 0.2) is 60.7 Å². The Morgan fingerprint density at radius 2 is 0.886 bits per heavy atom. The van der Waals surface area contributed by atoms with Gasteiger partial charge in [0.1, 0.15) is 22.8 Å². The minimum absolute atomic E-state index is 0.0396. The van der Waals surface area contributed by atoms with Gasteiger partial charge < -0.3 is 9.47 Å². The lowest BCUT2D eigenvalue weighted by Crippen LogP contribution is -2.52. The molecule has 8 rings (SSSR count). The van der Waals surface area contributed by atoms with Gasteiger partial charge in [0.15, 0.2) is 0 Å². The van der Waals surface area contributed by atoms with Crippen LogP contribution in [0.1, 0.15) is 173 Å². The van der Waals surface area contributed by atoms with Crippen LogP contribution in [0.4, 0.5) is 8.78 Å². The summed E-state index contributed by atoms with van der Waals surface area (Å²) < 4.78 is 41.0. The van der Waals surface area contributed by atoms with Crippen LogP contribution in [-0.2, 0) is 22.6 Å². The van der Waals surface area contributed by atoms with Gasteiger partial charge in [0.2, 0.25) is 0 Å². The smallest absolute Gasteiger partial charge is 0.341 e. The molecular formula is C56H70Cl4F2N4O4. The van der Waals surface area contributed by atoms with Crippen molar-refractivity contribution in [3.63, 3.8) is 0 Å². The van der Waals surface area contributed by atoms with Crippen molar-refractivity contribution in [3.8, 4) is 0 Å². The Balaban J connectivity index is 0.000000206. The van der Waals surface area contributed by atoms with Gasteiger partial charge in [0.05, 0.1) is 11.1 Å². The van der Waals surface area contributed by atoms with Crippen LogP contribution in [0, 0.1) is 11.6 Å². The summed E-state index contributed by atoms with van der Waals surface area (Å²) in [5.41, 5.74) is 5.11. The average molecular weight is 1040 g/mol. The summed E-state index contributed by atoms with van der Waals surface area (Å²) in [6, 6.07) is 19.0. The molecule has 4 aliphatic rings. The number of nitrogens with zero attached hydrogens (tertiary/aromatic N) is 4. The number of halogens is 6. The Labute approximate surface area is 434 Å². The number of hydrogen-bond acceptors (Lipinski definition) is 8. The normalized spacial score (nSPS) is 20.6. The Bertz CT molecular complexity index is 2330. The maximum Gasteiger partial charge on any atom is 0.341 e. The van der Waals surface area contributed by atoms with Gasteiger partial charge in [-0.05, 0) is 201 Å². The van der Waals surface area contributed by atoms with Crippen molar-refractivity contribution in [3.05, 3.63) is 137 Å². The minimum Gasteiger partial charge on any atom is -0.456 e. The van der Waals surface area contributed by atoms with E-state index in [1.54, 1.807) is 77.9 Å². The molecule has 4 atom stereocenters. The Hall–Kier alpha value is -3.32. The molecule has 0 amide bonds. The molecule has 0 N–H and O–H groups in total. The summed E-state index contributed by atoms with van der Waals surface area (Å²) in [6.45, 7) is 26.2. The fourth-order valence-electron chi connectivity index (χ4n) is 10.1. The maximum absolute atomic E-state index is 15.0. The second-order valence-corrected chi connectivity index (χ2v) is 23.8. The molecule has 0 radical (unpaired) electrons. The zero-order chi connectivity index (χ0) is 51.0. The predicted octanol–water partition coefficient (Wildman–Crippen LogP) is 14.5. The summed E-state index contributed by atoms with van der Waals surface area (Å²) in [5.74, 6) is -1.40. The van der Waals surface area contributed by atoms with Crippen LogP contribution in [0.3, 0.4) is 0 Å². The van der Waals surface area contributed by atoms with E-state index in [9.17, 15) is 9.59 Å². The number of carbonyl (C=O) groups excluding carboxylic acids is 2. The molecule has 4 aromatic carbocycles. The summed E-state index contributed by atoms with van der Waals surface area (Å²) in [7, 11) is 0. The van der Waals surface area contributed by atoms with Crippen molar-refractivity contribution in [2.75, 3.05) is 39.3 Å². The standard InChI is InChI=1S/2C28H35Cl2FN2O2/c2*1-17-15-32(8-9-33(17)18(2)20-10-22(29)13-23(30)11-20)16-21-12-26(31)25(14-24(21)19-6-7-19)27(34)35-28(3,4)5/h2*10-14,17-19H,6-9,15-16H2,1-5H3/t17-,18+;17-,18-/m11/s1. The molecule has 0 unspecified atom stereocenters. The molecule has 4 fully saturated rings. The molecule has 2 aliphatic carbocycles. The second kappa shape index (κ2) is 22.4. The molecular weight excluding hydrogens is 972 g/mol. The van der Waals surface area contributed by atoms with E-state index in [2.05, 4.69) is 47.3 Å². The molecule has 0 spiro atoms. The van der Waals surface area contributed by atoms with Crippen molar-refractivity contribution in [1.82, 2.24) is 19.6 Å². The van der Waals surface area contributed by atoms with Gasteiger partial charge in [-0.15, -0.1) is 0 Å². The third kappa shape index (κ3) is 14.5. The van der Waals surface area contributed by atoms with E-state index in [-0.39, 0.29) is 23.2 Å². The lowest BCUT2D eigenvalue weighted by Gasteiger charge is -2.43. The topological polar surface area (TPSA) is 65.6 Å². The van der Waals surface area contributed by atoms with Gasteiger partial charge in [-0.3, -0.25) is 19.6 Å². The van der Waals surface area contributed by atoms with E-state index in [1.807, 2.05) is 24.3 Å². The number of carbonyl (C=O) groups is 2. The first-order valence-corrected chi connectivity index (χ1v) is 26.3. The summed E-state index contributed by atoms with van der Waals surface area (Å²) >= 11 is 24.9. The third-order valence-electron chi connectivity index (χ3n) is 13.8. The van der Waals surface area contributed by atoms with E-state index in [4.69, 9.17) is 55.9 Å². The number of benzene rings is 4. The summed E-state index contributed by atoms with van der Waals surface area (Å²) in [4.78, 5) is 34.9. The summed E-state index contributed by atoms with van der Waals surface area (Å²) in [6.07, 6.45) is 4.32. The molecule has 2 saturated heterocycles.